The fourth-order valence-corrected chi connectivity index (χ4v) is 9.07. The zero-order valence-corrected chi connectivity index (χ0v) is 34.3. The van der Waals surface area contributed by atoms with E-state index in [1.165, 1.54) is 29.2 Å². The molecule has 0 spiro atoms. The number of nitrogens with one attached hydrogen (secondary N) is 2. The Kier molecular flexibility index (Phi) is 13.2. The van der Waals surface area contributed by atoms with Gasteiger partial charge in [0.2, 0.25) is 0 Å². The van der Waals surface area contributed by atoms with Gasteiger partial charge in [0.05, 0.1) is 11.5 Å². The van der Waals surface area contributed by atoms with Crippen LogP contribution < -0.4 is 14.9 Å². The lowest BCUT2D eigenvalue weighted by Crippen LogP contribution is -2.47. The highest BCUT2D eigenvalue weighted by molar-refractivity contribution is 7.99. The second-order valence-corrected chi connectivity index (χ2v) is 18.1. The van der Waals surface area contributed by atoms with E-state index in [0.717, 1.165) is 73.1 Å². The Labute approximate surface area is 338 Å². The fourth-order valence-electron chi connectivity index (χ4n) is 7.25. The summed E-state index contributed by atoms with van der Waals surface area (Å²) >= 11 is 8.82. The van der Waals surface area contributed by atoms with Gasteiger partial charge in [0.15, 0.2) is 0 Å². The first kappa shape index (κ1) is 40.7. The van der Waals surface area contributed by atoms with Crippen molar-refractivity contribution in [2.45, 2.75) is 68.9 Å². The van der Waals surface area contributed by atoms with Crippen LogP contribution in [0.3, 0.4) is 0 Å². The summed E-state index contributed by atoms with van der Waals surface area (Å²) in [6.45, 7) is 13.0. The topological polar surface area (TPSA) is 111 Å². The van der Waals surface area contributed by atoms with Crippen LogP contribution in [0.1, 0.15) is 68.4 Å². The average Bonchev–Trinajstić information content (AvgIpc) is 3.17. The molecule has 0 saturated carbocycles. The van der Waals surface area contributed by atoms with Crippen molar-refractivity contribution in [2.24, 2.45) is 5.41 Å². The number of piperazine rings is 1. The van der Waals surface area contributed by atoms with Crippen molar-refractivity contribution < 1.29 is 14.8 Å². The van der Waals surface area contributed by atoms with Gasteiger partial charge in [-0.2, -0.15) is 0 Å². The number of allylic oxidation sites excluding steroid dienone is 1. The van der Waals surface area contributed by atoms with Gasteiger partial charge >= 0.3 is 0 Å². The number of amides is 1. The number of thioether (sulfide) groups is 1. The Morgan fingerprint density at radius 2 is 1.67 bits per heavy atom. The van der Waals surface area contributed by atoms with Crippen LogP contribution in [0.4, 0.5) is 17.1 Å². The average molecular weight is 800 g/mol. The Morgan fingerprint density at radius 3 is 2.33 bits per heavy atom. The lowest BCUT2D eigenvalue weighted by molar-refractivity contribution is -0.384. The molecule has 9 nitrogen and oxygen atoms in total. The molecule has 2 aliphatic rings. The largest absolute Gasteiger partial charge is 0.392 e. The molecule has 290 valence electrons. The van der Waals surface area contributed by atoms with Crippen LogP contribution in [0.25, 0.3) is 5.57 Å². The first-order valence-electron chi connectivity index (χ1n) is 18.7. The summed E-state index contributed by atoms with van der Waals surface area (Å²) in [5.74, 6) is 0.336. The van der Waals surface area contributed by atoms with Gasteiger partial charge in [-0.3, -0.25) is 24.5 Å². The summed E-state index contributed by atoms with van der Waals surface area (Å²) in [6, 6.07) is 28.8. The minimum absolute atomic E-state index is 0.127. The van der Waals surface area contributed by atoms with Gasteiger partial charge in [0, 0.05) is 76.1 Å². The predicted molar refractivity (Wildman–Crippen MR) is 228 cm³/mol. The van der Waals surface area contributed by atoms with Crippen LogP contribution in [0.2, 0.25) is 5.02 Å². The van der Waals surface area contributed by atoms with Gasteiger partial charge in [0.25, 0.3) is 11.6 Å². The molecule has 1 heterocycles. The van der Waals surface area contributed by atoms with E-state index >= 15 is 0 Å². The van der Waals surface area contributed by atoms with Crippen LogP contribution >= 0.6 is 35.3 Å². The Hall–Kier alpha value is -4.00. The zero-order chi connectivity index (χ0) is 39.2. The second-order valence-electron chi connectivity index (χ2n) is 15.8. The smallest absolute Gasteiger partial charge is 0.293 e. The highest BCUT2D eigenvalue weighted by Crippen LogP contribution is 2.43. The number of nitrogens with zero attached hydrogens (tertiary/aromatic N) is 3. The maximum Gasteiger partial charge on any atom is 0.293 e. The van der Waals surface area contributed by atoms with Crippen LogP contribution in [0, 0.1) is 15.5 Å². The van der Waals surface area contributed by atoms with Gasteiger partial charge in [-0.1, -0.05) is 61.4 Å². The summed E-state index contributed by atoms with van der Waals surface area (Å²) < 4.78 is 2.82. The summed E-state index contributed by atoms with van der Waals surface area (Å²) in [4.78, 5) is 31.4. The molecule has 6 rings (SSSR count). The number of rotatable bonds is 14. The van der Waals surface area contributed by atoms with Gasteiger partial charge in [0.1, 0.15) is 5.69 Å². The molecule has 0 bridgehead atoms. The van der Waals surface area contributed by atoms with E-state index < -0.39 is 10.5 Å². The van der Waals surface area contributed by atoms with E-state index in [1.54, 1.807) is 17.8 Å². The number of aliphatic hydroxyl groups is 1. The Bertz CT molecular complexity index is 2000. The third-order valence-electron chi connectivity index (χ3n) is 10.3. The van der Waals surface area contributed by atoms with Crippen LogP contribution in [-0.2, 0) is 6.61 Å². The summed E-state index contributed by atoms with van der Waals surface area (Å²) in [5.41, 5.74) is 6.30. The number of carbonyl (C=O) groups is 1. The summed E-state index contributed by atoms with van der Waals surface area (Å²) in [7, 11) is 0. The number of benzene rings is 4. The SMILES string of the molecule is CC1(C)CCC(c2ccc(Cl)cc2)=C(CN2CCN(c3ccc(C(=O)NSc4cc([N+](=O)[O-])c(NC(C)(C)CSc5ccccc5)cc4CO)cc3)CC2)C1. The van der Waals surface area contributed by atoms with Crippen molar-refractivity contribution in [1.82, 2.24) is 9.62 Å². The maximum absolute atomic E-state index is 13.2. The van der Waals surface area contributed by atoms with E-state index in [0.29, 0.717) is 32.9 Å². The van der Waals surface area contributed by atoms with E-state index in [-0.39, 0.29) is 18.2 Å². The third kappa shape index (κ3) is 10.9. The Balaban J connectivity index is 1.04. The minimum Gasteiger partial charge on any atom is -0.392 e. The van der Waals surface area contributed by atoms with E-state index in [2.05, 4.69) is 45.8 Å². The van der Waals surface area contributed by atoms with Crippen LogP contribution in [-0.4, -0.2) is 64.9 Å². The molecular formula is C43H50ClN5O4S2. The number of nitro benzene ring substituents is 1. The highest BCUT2D eigenvalue weighted by atomic mass is 35.5. The van der Waals surface area contributed by atoms with Crippen molar-refractivity contribution in [2.75, 3.05) is 48.7 Å². The lowest BCUT2D eigenvalue weighted by atomic mass is 9.73. The number of aliphatic hydroxyl groups excluding tert-OH is 1. The van der Waals surface area contributed by atoms with Crippen molar-refractivity contribution in [3.8, 4) is 0 Å². The molecule has 0 aromatic heterocycles. The molecule has 1 amide bonds. The molecule has 1 aliphatic carbocycles. The molecule has 0 atom stereocenters. The quantitative estimate of drug-likeness (QED) is 0.0497. The van der Waals surface area contributed by atoms with Crippen molar-refractivity contribution in [3.05, 3.63) is 128 Å². The van der Waals surface area contributed by atoms with Gasteiger partial charge in [-0.15, -0.1) is 11.8 Å². The Morgan fingerprint density at radius 1 is 0.982 bits per heavy atom. The molecule has 1 saturated heterocycles. The molecular weight excluding hydrogens is 750 g/mol. The molecule has 0 radical (unpaired) electrons. The maximum atomic E-state index is 13.2. The number of carbonyl (C=O) groups excluding carboxylic acids is 1. The zero-order valence-electron chi connectivity index (χ0n) is 31.9. The second kappa shape index (κ2) is 17.9. The lowest BCUT2D eigenvalue weighted by Gasteiger charge is -2.39. The van der Waals surface area contributed by atoms with Crippen LogP contribution in [0.15, 0.2) is 106 Å². The molecule has 1 aliphatic heterocycles. The first-order valence-corrected chi connectivity index (χ1v) is 20.9. The van der Waals surface area contributed by atoms with Crippen molar-refractivity contribution in [1.29, 1.82) is 0 Å². The molecule has 4 aromatic carbocycles. The molecule has 0 unspecified atom stereocenters. The summed E-state index contributed by atoms with van der Waals surface area (Å²) in [5, 5.41) is 26.4. The van der Waals surface area contributed by atoms with Crippen molar-refractivity contribution in [3.63, 3.8) is 0 Å². The van der Waals surface area contributed by atoms with Gasteiger partial charge in [-0.05, 0) is 122 Å². The number of anilines is 2. The van der Waals surface area contributed by atoms with Gasteiger partial charge in [-0.25, -0.2) is 0 Å². The fraction of sp³-hybridized carbons (Fsp3) is 0.372. The normalized spacial score (nSPS) is 16.2. The molecule has 4 aromatic rings. The minimum atomic E-state index is -0.493. The van der Waals surface area contributed by atoms with Gasteiger partial charge < -0.3 is 15.3 Å². The third-order valence-corrected chi connectivity index (χ3v) is 12.9. The van der Waals surface area contributed by atoms with E-state index in [4.69, 9.17) is 11.6 Å². The molecule has 3 N–H and O–H groups in total. The highest BCUT2D eigenvalue weighted by Gasteiger charge is 2.30. The van der Waals surface area contributed by atoms with E-state index in [9.17, 15) is 20.0 Å². The number of hydrogen-bond donors (Lipinski definition) is 3. The standard InChI is InChI=1S/C43H50ClN5O4S2/c1-42(2)19-18-37(30-10-14-34(44)15-11-30)33(26-42)27-47-20-22-48(23-21-47)35-16-12-31(13-17-35)41(51)46-55-40-25-39(49(52)53)38(24-32(40)28-50)45-43(3,4)29-54-36-8-6-5-7-9-36/h5-17,24-25,45,50H,18-23,26-29H2,1-4H3,(H,46,51). The predicted octanol–water partition coefficient (Wildman–Crippen LogP) is 9.95. The van der Waals surface area contributed by atoms with E-state index in [1.807, 2.05) is 80.6 Å². The van der Waals surface area contributed by atoms with Crippen LogP contribution in [0.5, 0.6) is 0 Å². The monoisotopic (exact) mass is 799 g/mol. The summed E-state index contributed by atoms with van der Waals surface area (Å²) in [6.07, 6.45) is 3.36. The molecule has 55 heavy (non-hydrogen) atoms. The molecule has 12 heteroatoms. The first-order chi connectivity index (χ1) is 26.3. The number of nitro groups is 1. The molecule has 1 fully saturated rings. The van der Waals surface area contributed by atoms with Crippen molar-refractivity contribution >= 4 is 63.9 Å². The number of hydrogen-bond acceptors (Lipinski definition) is 9. The number of halogens is 1.